The highest BCUT2D eigenvalue weighted by Gasteiger charge is 2.21. The average Bonchev–Trinajstić information content (AvgIpc) is 2.75. The van der Waals surface area contributed by atoms with Gasteiger partial charge in [0.1, 0.15) is 0 Å². The molecule has 2 unspecified atom stereocenters. The third-order valence-corrected chi connectivity index (χ3v) is 4.24. The number of rotatable bonds is 3. The summed E-state index contributed by atoms with van der Waals surface area (Å²) in [5, 5.41) is 0. The summed E-state index contributed by atoms with van der Waals surface area (Å²) in [6.07, 6.45) is 3.74. The van der Waals surface area contributed by atoms with E-state index in [1.54, 1.807) is 0 Å². The number of nitrogens with two attached hydrogens (primary N) is 1. The van der Waals surface area contributed by atoms with Crippen LogP contribution in [0.15, 0.2) is 6.07 Å². The molecular formula is C12H19NOS. The third kappa shape index (κ3) is 2.60. The van der Waals surface area contributed by atoms with E-state index in [1.165, 1.54) is 28.2 Å². The van der Waals surface area contributed by atoms with E-state index in [2.05, 4.69) is 19.9 Å². The molecule has 1 fully saturated rings. The third-order valence-electron chi connectivity index (χ3n) is 2.96. The van der Waals surface area contributed by atoms with E-state index in [9.17, 15) is 0 Å². The van der Waals surface area contributed by atoms with Crippen molar-refractivity contribution in [2.24, 2.45) is 5.73 Å². The summed E-state index contributed by atoms with van der Waals surface area (Å²) in [7, 11) is 0. The number of ether oxygens (including phenoxy) is 1. The minimum Gasteiger partial charge on any atom is -0.378 e. The topological polar surface area (TPSA) is 35.2 Å². The molecular weight excluding hydrogens is 206 g/mol. The number of hydrogen-bond donors (Lipinski definition) is 1. The van der Waals surface area contributed by atoms with Crippen LogP contribution in [-0.2, 0) is 4.74 Å². The van der Waals surface area contributed by atoms with E-state index < -0.39 is 0 Å². The highest BCUT2D eigenvalue weighted by Crippen LogP contribution is 2.30. The maximum atomic E-state index is 6.22. The van der Waals surface area contributed by atoms with Crippen LogP contribution < -0.4 is 5.73 Å². The van der Waals surface area contributed by atoms with Crippen molar-refractivity contribution >= 4 is 11.3 Å². The van der Waals surface area contributed by atoms with E-state index >= 15 is 0 Å². The standard InChI is InChI=1S/C12H19NOS/c1-8-6-9(2)15-12(8)11(13)7-10-4-3-5-14-10/h6,10-11H,3-5,7,13H2,1-2H3. The lowest BCUT2D eigenvalue weighted by molar-refractivity contribution is 0.0986. The van der Waals surface area contributed by atoms with Gasteiger partial charge in [0.15, 0.2) is 0 Å². The van der Waals surface area contributed by atoms with Gasteiger partial charge in [0.05, 0.1) is 6.10 Å². The number of aryl methyl sites for hydroxylation is 2. The van der Waals surface area contributed by atoms with Crippen LogP contribution in [0.1, 0.15) is 40.6 Å². The summed E-state index contributed by atoms with van der Waals surface area (Å²) in [4.78, 5) is 2.69. The molecule has 1 saturated heterocycles. The molecule has 2 nitrogen and oxygen atoms in total. The second-order valence-corrected chi connectivity index (χ2v) is 5.67. The van der Waals surface area contributed by atoms with Crippen molar-refractivity contribution in [1.82, 2.24) is 0 Å². The molecule has 1 aliphatic heterocycles. The van der Waals surface area contributed by atoms with Crippen LogP contribution in [0.5, 0.6) is 0 Å². The molecule has 0 amide bonds. The van der Waals surface area contributed by atoms with Gasteiger partial charge in [-0.05, 0) is 44.7 Å². The molecule has 0 spiro atoms. The predicted molar refractivity (Wildman–Crippen MR) is 64.3 cm³/mol. The van der Waals surface area contributed by atoms with E-state index in [1.807, 2.05) is 11.3 Å². The highest BCUT2D eigenvalue weighted by molar-refractivity contribution is 7.12. The van der Waals surface area contributed by atoms with Crippen molar-refractivity contribution in [3.8, 4) is 0 Å². The zero-order chi connectivity index (χ0) is 10.8. The summed E-state index contributed by atoms with van der Waals surface area (Å²) >= 11 is 1.83. The van der Waals surface area contributed by atoms with Gasteiger partial charge in [0.25, 0.3) is 0 Å². The van der Waals surface area contributed by atoms with Crippen LogP contribution in [0, 0.1) is 13.8 Å². The largest absolute Gasteiger partial charge is 0.378 e. The Morgan fingerprint density at radius 2 is 2.40 bits per heavy atom. The van der Waals surface area contributed by atoms with Gasteiger partial charge in [0, 0.05) is 22.4 Å². The molecule has 0 radical (unpaired) electrons. The Labute approximate surface area is 95.4 Å². The zero-order valence-corrected chi connectivity index (χ0v) is 10.3. The molecule has 84 valence electrons. The molecule has 2 heterocycles. The van der Waals surface area contributed by atoms with Crippen LogP contribution in [0.25, 0.3) is 0 Å². The molecule has 1 aromatic heterocycles. The van der Waals surface area contributed by atoms with Gasteiger partial charge in [-0.15, -0.1) is 11.3 Å². The van der Waals surface area contributed by atoms with Crippen LogP contribution in [0.2, 0.25) is 0 Å². The molecule has 15 heavy (non-hydrogen) atoms. The van der Waals surface area contributed by atoms with Gasteiger partial charge in [-0.1, -0.05) is 0 Å². The smallest absolute Gasteiger partial charge is 0.0594 e. The summed E-state index contributed by atoms with van der Waals surface area (Å²) < 4.78 is 5.62. The van der Waals surface area contributed by atoms with Crippen LogP contribution in [0.3, 0.4) is 0 Å². The first kappa shape index (κ1) is 11.1. The first-order valence-corrected chi connectivity index (χ1v) is 6.42. The predicted octanol–water partition coefficient (Wildman–Crippen LogP) is 2.93. The Hall–Kier alpha value is -0.380. The van der Waals surface area contributed by atoms with Gasteiger partial charge in [0.2, 0.25) is 0 Å². The summed E-state index contributed by atoms with van der Waals surface area (Å²) in [6, 6.07) is 2.38. The van der Waals surface area contributed by atoms with E-state index in [-0.39, 0.29) is 6.04 Å². The van der Waals surface area contributed by atoms with E-state index in [0.29, 0.717) is 6.10 Å². The Morgan fingerprint density at radius 1 is 1.60 bits per heavy atom. The van der Waals surface area contributed by atoms with Crippen molar-refractivity contribution in [1.29, 1.82) is 0 Å². The lowest BCUT2D eigenvalue weighted by atomic mass is 10.0. The first-order chi connectivity index (χ1) is 7.16. The second-order valence-electron chi connectivity index (χ2n) is 4.38. The van der Waals surface area contributed by atoms with Crippen LogP contribution in [-0.4, -0.2) is 12.7 Å². The average molecular weight is 225 g/mol. The second kappa shape index (κ2) is 4.64. The monoisotopic (exact) mass is 225 g/mol. The number of hydrogen-bond acceptors (Lipinski definition) is 3. The first-order valence-electron chi connectivity index (χ1n) is 5.61. The van der Waals surface area contributed by atoms with Gasteiger partial charge >= 0.3 is 0 Å². The zero-order valence-electron chi connectivity index (χ0n) is 9.45. The van der Waals surface area contributed by atoms with Crippen molar-refractivity contribution < 1.29 is 4.74 Å². The molecule has 2 rings (SSSR count). The molecule has 0 bridgehead atoms. The summed E-state index contributed by atoms with van der Waals surface area (Å²) in [5.41, 5.74) is 7.56. The summed E-state index contributed by atoms with van der Waals surface area (Å²) in [5.74, 6) is 0. The van der Waals surface area contributed by atoms with Gasteiger partial charge in [-0.2, -0.15) is 0 Å². The fourth-order valence-electron chi connectivity index (χ4n) is 2.25. The maximum Gasteiger partial charge on any atom is 0.0594 e. The normalized spacial score (nSPS) is 23.3. The van der Waals surface area contributed by atoms with Gasteiger partial charge < -0.3 is 10.5 Å². The molecule has 2 atom stereocenters. The molecule has 3 heteroatoms. The van der Waals surface area contributed by atoms with Gasteiger partial charge in [-0.3, -0.25) is 0 Å². The molecule has 2 N–H and O–H groups in total. The summed E-state index contributed by atoms with van der Waals surface area (Å²) in [6.45, 7) is 5.20. The molecule has 0 saturated carbocycles. The highest BCUT2D eigenvalue weighted by atomic mass is 32.1. The molecule has 0 aromatic carbocycles. The quantitative estimate of drug-likeness (QED) is 0.858. The van der Waals surface area contributed by atoms with Crippen molar-refractivity contribution in [3.63, 3.8) is 0 Å². The number of thiophene rings is 1. The minimum absolute atomic E-state index is 0.159. The Morgan fingerprint density at radius 3 is 2.93 bits per heavy atom. The SMILES string of the molecule is Cc1cc(C)c(C(N)CC2CCCO2)s1. The van der Waals surface area contributed by atoms with E-state index in [0.717, 1.165) is 13.0 Å². The molecule has 1 aromatic rings. The van der Waals surface area contributed by atoms with Crippen molar-refractivity contribution in [3.05, 3.63) is 21.4 Å². The minimum atomic E-state index is 0.159. The maximum absolute atomic E-state index is 6.22. The molecule has 0 aliphatic carbocycles. The fraction of sp³-hybridized carbons (Fsp3) is 0.667. The van der Waals surface area contributed by atoms with E-state index in [4.69, 9.17) is 10.5 Å². The van der Waals surface area contributed by atoms with Crippen molar-refractivity contribution in [2.45, 2.75) is 45.3 Å². The Bertz CT molecular complexity index is 328. The van der Waals surface area contributed by atoms with Crippen LogP contribution in [0.4, 0.5) is 0 Å². The lowest BCUT2D eigenvalue weighted by Crippen LogP contribution is -2.17. The Balaban J connectivity index is 2.00. The van der Waals surface area contributed by atoms with Crippen LogP contribution >= 0.6 is 11.3 Å². The Kier molecular flexibility index (Phi) is 3.44. The lowest BCUT2D eigenvalue weighted by Gasteiger charge is -2.15. The molecule has 1 aliphatic rings. The fourth-order valence-corrected chi connectivity index (χ4v) is 3.30. The van der Waals surface area contributed by atoms with Gasteiger partial charge in [-0.25, -0.2) is 0 Å². The van der Waals surface area contributed by atoms with Crippen molar-refractivity contribution in [2.75, 3.05) is 6.61 Å².